The summed E-state index contributed by atoms with van der Waals surface area (Å²) in [6, 6.07) is 0. The van der Waals surface area contributed by atoms with E-state index in [9.17, 15) is 9.59 Å². The normalized spacial score (nSPS) is 18.9. The number of carbonyl (C=O) groups is 1. The van der Waals surface area contributed by atoms with Crippen molar-refractivity contribution < 1.29 is 4.79 Å². The van der Waals surface area contributed by atoms with Crippen LogP contribution in [0.15, 0.2) is 11.0 Å². The van der Waals surface area contributed by atoms with E-state index in [1.807, 2.05) is 0 Å². The summed E-state index contributed by atoms with van der Waals surface area (Å²) in [7, 11) is 1.69. The average Bonchev–Trinajstić information content (AvgIpc) is 2.58. The molecule has 1 aliphatic rings. The molecule has 6 nitrogen and oxygen atoms in total. The Balaban J connectivity index is 2.11. The van der Waals surface area contributed by atoms with Gasteiger partial charge in [-0.3, -0.25) is 19.4 Å². The van der Waals surface area contributed by atoms with Gasteiger partial charge in [-0.1, -0.05) is 19.3 Å². The first-order valence-electron chi connectivity index (χ1n) is 5.87. The lowest BCUT2D eigenvalue weighted by Crippen LogP contribution is -2.52. The number of aromatic amines is 1. The molecule has 0 aromatic carbocycles. The number of H-pyrrole nitrogens is 1. The second-order valence-corrected chi connectivity index (χ2v) is 4.77. The molecule has 17 heavy (non-hydrogen) atoms. The Bertz CT molecular complexity index is 468. The quantitative estimate of drug-likeness (QED) is 0.692. The van der Waals surface area contributed by atoms with Crippen LogP contribution in [-0.2, 0) is 11.8 Å². The summed E-state index contributed by atoms with van der Waals surface area (Å²) in [5.74, 6) is -0.256. The number of aryl methyl sites for hydroxylation is 1. The predicted octanol–water partition coefficient (Wildman–Crippen LogP) is 0.313. The molecule has 0 spiro atoms. The third kappa shape index (κ3) is 2.41. The van der Waals surface area contributed by atoms with Gasteiger partial charge in [0, 0.05) is 7.05 Å². The van der Waals surface area contributed by atoms with Crippen molar-refractivity contribution in [1.29, 1.82) is 0 Å². The maximum Gasteiger partial charge on any atom is 0.287 e. The second-order valence-electron chi connectivity index (χ2n) is 4.77. The topological polar surface area (TPSA) is 92.9 Å². The fraction of sp³-hybridized carbons (Fsp3) is 0.636. The van der Waals surface area contributed by atoms with Crippen LogP contribution in [0.5, 0.6) is 0 Å². The third-order valence-electron chi connectivity index (χ3n) is 3.29. The van der Waals surface area contributed by atoms with Crippen molar-refractivity contribution in [3.05, 3.63) is 16.6 Å². The van der Waals surface area contributed by atoms with E-state index in [2.05, 4.69) is 10.4 Å². The number of rotatable bonds is 2. The van der Waals surface area contributed by atoms with Crippen LogP contribution in [0.2, 0.25) is 0 Å². The van der Waals surface area contributed by atoms with Gasteiger partial charge in [-0.15, -0.1) is 0 Å². The molecular formula is C11H18N4O2. The molecule has 1 fully saturated rings. The molecule has 1 saturated carbocycles. The zero-order valence-electron chi connectivity index (χ0n) is 9.95. The monoisotopic (exact) mass is 238 g/mol. The van der Waals surface area contributed by atoms with Crippen LogP contribution >= 0.6 is 0 Å². The van der Waals surface area contributed by atoms with Crippen molar-refractivity contribution in [1.82, 2.24) is 9.78 Å². The molecule has 0 aliphatic heterocycles. The molecule has 1 heterocycles. The van der Waals surface area contributed by atoms with Crippen molar-refractivity contribution >= 4 is 11.6 Å². The van der Waals surface area contributed by atoms with Gasteiger partial charge in [0.15, 0.2) is 0 Å². The highest BCUT2D eigenvalue weighted by Gasteiger charge is 2.35. The first-order chi connectivity index (χ1) is 8.01. The lowest BCUT2D eigenvalue weighted by Gasteiger charge is -2.31. The third-order valence-corrected chi connectivity index (χ3v) is 3.29. The molecule has 0 radical (unpaired) electrons. The van der Waals surface area contributed by atoms with Crippen LogP contribution in [0.4, 0.5) is 5.69 Å². The van der Waals surface area contributed by atoms with Crippen LogP contribution in [-0.4, -0.2) is 21.2 Å². The number of nitrogens with zero attached hydrogens (tertiary/aromatic N) is 1. The first-order valence-corrected chi connectivity index (χ1v) is 5.87. The van der Waals surface area contributed by atoms with Gasteiger partial charge in [0.05, 0.1) is 11.7 Å². The minimum absolute atomic E-state index is 0.256. The van der Waals surface area contributed by atoms with Crippen LogP contribution in [0.1, 0.15) is 32.1 Å². The maximum atomic E-state index is 12.1. The molecular weight excluding hydrogens is 220 g/mol. The van der Waals surface area contributed by atoms with Crippen LogP contribution < -0.4 is 16.6 Å². The van der Waals surface area contributed by atoms with Crippen LogP contribution in [0.25, 0.3) is 0 Å². The molecule has 6 heteroatoms. The van der Waals surface area contributed by atoms with Crippen molar-refractivity contribution in [2.24, 2.45) is 12.8 Å². The van der Waals surface area contributed by atoms with Crippen LogP contribution in [0, 0.1) is 0 Å². The highest BCUT2D eigenvalue weighted by molar-refractivity contribution is 5.97. The SMILES string of the molecule is Cn1cc(NC(=O)C2(N)CCCCC2)c(=O)[nH]1. The summed E-state index contributed by atoms with van der Waals surface area (Å²) < 4.78 is 1.50. The summed E-state index contributed by atoms with van der Waals surface area (Å²) in [6.45, 7) is 0. The van der Waals surface area contributed by atoms with E-state index in [1.165, 1.54) is 4.68 Å². The molecule has 0 unspecified atom stereocenters. The number of hydrogen-bond acceptors (Lipinski definition) is 3. The Hall–Kier alpha value is -1.56. The van der Waals surface area contributed by atoms with Crippen molar-refractivity contribution in [3.8, 4) is 0 Å². The number of nitrogens with one attached hydrogen (secondary N) is 2. The predicted molar refractivity (Wildman–Crippen MR) is 64.7 cm³/mol. The van der Waals surface area contributed by atoms with E-state index in [4.69, 9.17) is 5.73 Å². The molecule has 1 amide bonds. The molecule has 1 aromatic rings. The second kappa shape index (κ2) is 4.37. The standard InChI is InChI=1S/C11H18N4O2/c1-15-7-8(9(16)14-15)13-10(17)11(12)5-3-2-4-6-11/h7H,2-6,12H2,1H3,(H,13,17)(H,14,16). The Labute approximate surface area is 99.2 Å². The summed E-state index contributed by atoms with van der Waals surface area (Å²) in [5.41, 5.74) is 5.21. The van der Waals surface area contributed by atoms with E-state index in [0.717, 1.165) is 19.3 Å². The zero-order valence-corrected chi connectivity index (χ0v) is 9.95. The van der Waals surface area contributed by atoms with E-state index < -0.39 is 5.54 Å². The first kappa shape index (κ1) is 11.9. The number of hydrogen-bond donors (Lipinski definition) is 3. The van der Waals surface area contributed by atoms with Gasteiger partial charge in [0.2, 0.25) is 5.91 Å². The smallest absolute Gasteiger partial charge is 0.287 e. The lowest BCUT2D eigenvalue weighted by atomic mass is 9.82. The summed E-state index contributed by atoms with van der Waals surface area (Å²) in [6.07, 6.45) is 5.97. The van der Waals surface area contributed by atoms with E-state index in [-0.39, 0.29) is 17.2 Å². The van der Waals surface area contributed by atoms with E-state index in [1.54, 1.807) is 13.2 Å². The number of aromatic nitrogens is 2. The Morgan fingerprint density at radius 3 is 2.65 bits per heavy atom. The van der Waals surface area contributed by atoms with Crippen molar-refractivity contribution in [3.63, 3.8) is 0 Å². The van der Waals surface area contributed by atoms with Gasteiger partial charge >= 0.3 is 0 Å². The number of anilines is 1. The molecule has 4 N–H and O–H groups in total. The molecule has 0 atom stereocenters. The minimum atomic E-state index is -0.819. The summed E-state index contributed by atoms with van der Waals surface area (Å²) in [4.78, 5) is 23.5. The van der Waals surface area contributed by atoms with Crippen molar-refractivity contribution in [2.75, 3.05) is 5.32 Å². The number of carbonyl (C=O) groups excluding carboxylic acids is 1. The van der Waals surface area contributed by atoms with E-state index >= 15 is 0 Å². The molecule has 0 saturated heterocycles. The molecule has 2 rings (SSSR count). The van der Waals surface area contributed by atoms with Crippen LogP contribution in [0.3, 0.4) is 0 Å². The molecule has 94 valence electrons. The highest BCUT2D eigenvalue weighted by atomic mass is 16.2. The van der Waals surface area contributed by atoms with Gasteiger partial charge in [0.1, 0.15) is 5.69 Å². The summed E-state index contributed by atoms with van der Waals surface area (Å²) >= 11 is 0. The Morgan fingerprint density at radius 2 is 2.12 bits per heavy atom. The fourth-order valence-corrected chi connectivity index (χ4v) is 2.25. The highest BCUT2D eigenvalue weighted by Crippen LogP contribution is 2.26. The van der Waals surface area contributed by atoms with Gasteiger partial charge in [0.25, 0.3) is 5.56 Å². The Morgan fingerprint density at radius 1 is 1.47 bits per heavy atom. The number of amides is 1. The largest absolute Gasteiger partial charge is 0.319 e. The lowest BCUT2D eigenvalue weighted by molar-refractivity contribution is -0.122. The minimum Gasteiger partial charge on any atom is -0.319 e. The molecule has 1 aromatic heterocycles. The van der Waals surface area contributed by atoms with Crippen molar-refractivity contribution in [2.45, 2.75) is 37.6 Å². The Kier molecular flexibility index (Phi) is 3.06. The van der Waals surface area contributed by atoms with Gasteiger partial charge < -0.3 is 11.1 Å². The number of nitrogens with two attached hydrogens (primary N) is 1. The van der Waals surface area contributed by atoms with Gasteiger partial charge in [-0.2, -0.15) is 0 Å². The maximum absolute atomic E-state index is 12.1. The van der Waals surface area contributed by atoms with Gasteiger partial charge in [-0.05, 0) is 12.8 Å². The fourth-order valence-electron chi connectivity index (χ4n) is 2.25. The zero-order chi connectivity index (χ0) is 12.5. The summed E-state index contributed by atoms with van der Waals surface area (Å²) in [5, 5.41) is 5.15. The average molecular weight is 238 g/mol. The molecule has 0 bridgehead atoms. The van der Waals surface area contributed by atoms with E-state index in [0.29, 0.717) is 12.8 Å². The van der Waals surface area contributed by atoms with Gasteiger partial charge in [-0.25, -0.2) is 0 Å². The molecule has 1 aliphatic carbocycles.